The van der Waals surface area contributed by atoms with Crippen LogP contribution in [0.5, 0.6) is 5.75 Å². The van der Waals surface area contributed by atoms with Gasteiger partial charge in [-0.05, 0) is 26.0 Å². The summed E-state index contributed by atoms with van der Waals surface area (Å²) in [4.78, 5) is 16.6. The number of aryl methyl sites for hydroxylation is 1. The lowest BCUT2D eigenvalue weighted by atomic mass is 10.1. The van der Waals surface area contributed by atoms with Crippen LogP contribution in [0.1, 0.15) is 28.0 Å². The molecule has 1 amide bonds. The molecule has 0 bridgehead atoms. The minimum Gasteiger partial charge on any atom is -0.493 e. The number of nitrogens with zero attached hydrogens (tertiary/aromatic N) is 1. The number of hydrogen-bond donors (Lipinski definition) is 2. The lowest BCUT2D eigenvalue weighted by molar-refractivity contribution is 0.0951. The number of amides is 1. The maximum atomic E-state index is 12.3. The standard InChI is InChI=1S/C15H19N3O2S/c1-3-20-12-6-4-5-11(16)14(12)15(19)17-8-7-13-18-10(2)9-21-13/h4-6,9H,3,7-8,16H2,1-2H3,(H,17,19). The maximum Gasteiger partial charge on any atom is 0.257 e. The Hall–Kier alpha value is -2.08. The zero-order valence-corrected chi connectivity index (χ0v) is 13.0. The molecule has 0 spiro atoms. The van der Waals surface area contributed by atoms with Gasteiger partial charge in [0.25, 0.3) is 5.91 Å². The molecule has 0 unspecified atom stereocenters. The van der Waals surface area contributed by atoms with Crippen molar-refractivity contribution in [2.24, 2.45) is 0 Å². The number of rotatable bonds is 6. The number of nitrogens with two attached hydrogens (primary N) is 1. The highest BCUT2D eigenvalue weighted by Gasteiger charge is 2.15. The van der Waals surface area contributed by atoms with Crippen molar-refractivity contribution in [3.8, 4) is 5.75 Å². The lowest BCUT2D eigenvalue weighted by Gasteiger charge is -2.12. The van der Waals surface area contributed by atoms with Gasteiger partial charge < -0.3 is 15.8 Å². The molecular formula is C15H19N3O2S. The third-order valence-electron chi connectivity index (χ3n) is 2.88. The van der Waals surface area contributed by atoms with Gasteiger partial charge in [-0.15, -0.1) is 11.3 Å². The number of nitrogens with one attached hydrogen (secondary N) is 1. The predicted octanol–water partition coefficient (Wildman–Crippen LogP) is 2.40. The van der Waals surface area contributed by atoms with Crippen LogP contribution in [-0.4, -0.2) is 24.0 Å². The van der Waals surface area contributed by atoms with E-state index >= 15 is 0 Å². The smallest absolute Gasteiger partial charge is 0.257 e. The monoisotopic (exact) mass is 305 g/mol. The summed E-state index contributed by atoms with van der Waals surface area (Å²) in [5.74, 6) is 0.296. The van der Waals surface area contributed by atoms with Crippen LogP contribution in [0.4, 0.5) is 5.69 Å². The van der Waals surface area contributed by atoms with Gasteiger partial charge in [0.1, 0.15) is 11.3 Å². The molecule has 0 radical (unpaired) electrons. The molecule has 0 atom stereocenters. The Balaban J connectivity index is 2.00. The second kappa shape index (κ2) is 7.08. The summed E-state index contributed by atoms with van der Waals surface area (Å²) < 4.78 is 5.46. The van der Waals surface area contributed by atoms with E-state index in [0.717, 1.165) is 10.7 Å². The van der Waals surface area contributed by atoms with Gasteiger partial charge in [-0.1, -0.05) is 6.07 Å². The number of thiazole rings is 1. The van der Waals surface area contributed by atoms with E-state index in [4.69, 9.17) is 10.5 Å². The minimum absolute atomic E-state index is 0.218. The third kappa shape index (κ3) is 3.95. The summed E-state index contributed by atoms with van der Waals surface area (Å²) in [6.45, 7) is 4.83. The Labute approximate surface area is 128 Å². The van der Waals surface area contributed by atoms with E-state index in [0.29, 0.717) is 36.6 Å². The van der Waals surface area contributed by atoms with Crippen LogP contribution < -0.4 is 15.8 Å². The number of nitrogen functional groups attached to an aromatic ring is 1. The van der Waals surface area contributed by atoms with Crippen LogP contribution in [0.2, 0.25) is 0 Å². The fourth-order valence-electron chi connectivity index (χ4n) is 1.96. The second-order valence-electron chi connectivity index (χ2n) is 4.54. The first-order valence-corrected chi connectivity index (χ1v) is 7.70. The molecule has 112 valence electrons. The quantitative estimate of drug-likeness (QED) is 0.803. The number of anilines is 1. The molecule has 0 aliphatic rings. The molecular weight excluding hydrogens is 286 g/mol. The van der Waals surface area contributed by atoms with Crippen LogP contribution in [0.15, 0.2) is 23.6 Å². The Morgan fingerprint density at radius 1 is 1.48 bits per heavy atom. The Bertz CT molecular complexity index is 625. The van der Waals surface area contributed by atoms with Gasteiger partial charge in [-0.25, -0.2) is 4.98 Å². The van der Waals surface area contributed by atoms with Gasteiger partial charge in [0.05, 0.1) is 11.6 Å². The second-order valence-corrected chi connectivity index (χ2v) is 5.48. The summed E-state index contributed by atoms with van der Waals surface area (Å²) in [7, 11) is 0. The first kappa shape index (κ1) is 15.3. The van der Waals surface area contributed by atoms with Gasteiger partial charge in [0.2, 0.25) is 0 Å². The highest BCUT2D eigenvalue weighted by atomic mass is 32.1. The van der Waals surface area contributed by atoms with Gasteiger partial charge in [-0.3, -0.25) is 4.79 Å². The molecule has 5 nitrogen and oxygen atoms in total. The van der Waals surface area contributed by atoms with E-state index < -0.39 is 0 Å². The molecule has 1 aromatic carbocycles. The van der Waals surface area contributed by atoms with E-state index in [2.05, 4.69) is 10.3 Å². The van der Waals surface area contributed by atoms with Crippen LogP contribution >= 0.6 is 11.3 Å². The molecule has 3 N–H and O–H groups in total. The summed E-state index contributed by atoms with van der Waals surface area (Å²) >= 11 is 1.60. The highest BCUT2D eigenvalue weighted by molar-refractivity contribution is 7.09. The molecule has 0 saturated heterocycles. The number of benzene rings is 1. The SMILES string of the molecule is CCOc1cccc(N)c1C(=O)NCCc1nc(C)cs1. The van der Waals surface area contributed by atoms with Gasteiger partial charge >= 0.3 is 0 Å². The van der Waals surface area contributed by atoms with E-state index in [1.807, 2.05) is 19.2 Å². The van der Waals surface area contributed by atoms with Gasteiger partial charge in [0.15, 0.2) is 0 Å². The zero-order chi connectivity index (χ0) is 15.2. The lowest BCUT2D eigenvalue weighted by Crippen LogP contribution is -2.27. The Morgan fingerprint density at radius 2 is 2.29 bits per heavy atom. The summed E-state index contributed by atoms with van der Waals surface area (Å²) in [6.07, 6.45) is 0.709. The van der Waals surface area contributed by atoms with E-state index in [1.54, 1.807) is 29.5 Å². The van der Waals surface area contributed by atoms with Gasteiger partial charge in [-0.2, -0.15) is 0 Å². The predicted molar refractivity (Wildman–Crippen MR) is 84.9 cm³/mol. The molecule has 2 aromatic rings. The molecule has 0 fully saturated rings. The van der Waals surface area contributed by atoms with Crippen molar-refractivity contribution in [1.82, 2.24) is 10.3 Å². The van der Waals surface area contributed by atoms with Crippen molar-refractivity contribution in [3.05, 3.63) is 39.8 Å². The minimum atomic E-state index is -0.218. The molecule has 1 aromatic heterocycles. The summed E-state index contributed by atoms with van der Waals surface area (Å²) in [5.41, 5.74) is 7.71. The first-order valence-electron chi connectivity index (χ1n) is 6.82. The largest absolute Gasteiger partial charge is 0.493 e. The Morgan fingerprint density at radius 3 is 2.95 bits per heavy atom. The molecule has 6 heteroatoms. The van der Waals surface area contributed by atoms with Crippen molar-refractivity contribution in [3.63, 3.8) is 0 Å². The molecule has 0 aliphatic carbocycles. The fourth-order valence-corrected chi connectivity index (χ4v) is 2.73. The number of carbonyl (C=O) groups excluding carboxylic acids is 1. The topological polar surface area (TPSA) is 77.2 Å². The van der Waals surface area contributed by atoms with E-state index in [-0.39, 0.29) is 5.91 Å². The molecule has 2 rings (SSSR count). The number of hydrogen-bond acceptors (Lipinski definition) is 5. The maximum absolute atomic E-state index is 12.3. The molecule has 0 aliphatic heterocycles. The van der Waals surface area contributed by atoms with Crippen LogP contribution in [0.3, 0.4) is 0 Å². The average molecular weight is 305 g/mol. The summed E-state index contributed by atoms with van der Waals surface area (Å²) in [6, 6.07) is 5.22. The molecule has 0 saturated carbocycles. The normalized spacial score (nSPS) is 10.4. The zero-order valence-electron chi connectivity index (χ0n) is 12.2. The van der Waals surface area contributed by atoms with Crippen molar-refractivity contribution in [2.45, 2.75) is 20.3 Å². The van der Waals surface area contributed by atoms with Crippen LogP contribution in [0, 0.1) is 6.92 Å². The van der Waals surface area contributed by atoms with Crippen LogP contribution in [0.25, 0.3) is 0 Å². The first-order chi connectivity index (χ1) is 10.1. The summed E-state index contributed by atoms with van der Waals surface area (Å²) in [5, 5.41) is 5.88. The van der Waals surface area contributed by atoms with E-state index in [1.165, 1.54) is 0 Å². The highest BCUT2D eigenvalue weighted by Crippen LogP contribution is 2.24. The van der Waals surface area contributed by atoms with Crippen molar-refractivity contribution < 1.29 is 9.53 Å². The fraction of sp³-hybridized carbons (Fsp3) is 0.333. The van der Waals surface area contributed by atoms with Gasteiger partial charge in [0, 0.05) is 29.7 Å². The van der Waals surface area contributed by atoms with E-state index in [9.17, 15) is 4.79 Å². The number of carbonyl (C=O) groups is 1. The van der Waals surface area contributed by atoms with Crippen molar-refractivity contribution >= 4 is 22.9 Å². The molecule has 1 heterocycles. The Kier molecular flexibility index (Phi) is 5.16. The average Bonchev–Trinajstić information content (AvgIpc) is 2.85. The number of aromatic nitrogens is 1. The number of ether oxygens (including phenoxy) is 1. The molecule has 21 heavy (non-hydrogen) atoms. The van der Waals surface area contributed by atoms with Crippen molar-refractivity contribution in [2.75, 3.05) is 18.9 Å². The third-order valence-corrected chi connectivity index (χ3v) is 3.90. The van der Waals surface area contributed by atoms with Crippen LogP contribution in [-0.2, 0) is 6.42 Å². The van der Waals surface area contributed by atoms with Crippen molar-refractivity contribution in [1.29, 1.82) is 0 Å².